The third-order valence-electron chi connectivity index (χ3n) is 8.98. The minimum Gasteiger partial charge on any atom is -0.481 e. The van der Waals surface area contributed by atoms with E-state index in [2.05, 4.69) is 43.1 Å². The summed E-state index contributed by atoms with van der Waals surface area (Å²) in [6.07, 6.45) is 14.1. The molecule has 7 atom stereocenters. The number of aliphatic hydroxyl groups is 1. The highest BCUT2D eigenvalue weighted by Crippen LogP contribution is 2.75. The molecular formula is C29H40O6. The standard InChI is InChI=1S/C21H26O3.C5H4O2.C2H6.CH4O/c1-12-8-9-20(3)13(10-12)4-5-15-14-6-7-16(18(22)23)19(14,2)11-17-21(15,20)24-17;6-4-5-2-1-3-7-5;2*1-2/h8-10,14-17H,1,4-7,11H2,2-3H3,(H,22,23);1-4H;1-2H3;2H,1H3. The van der Waals surface area contributed by atoms with Gasteiger partial charge in [0.15, 0.2) is 12.0 Å². The molecule has 2 heterocycles. The average molecular weight is 485 g/mol. The van der Waals surface area contributed by atoms with Crippen LogP contribution in [0.25, 0.3) is 0 Å². The number of carboxylic acids is 1. The Morgan fingerprint density at radius 2 is 1.89 bits per heavy atom. The summed E-state index contributed by atoms with van der Waals surface area (Å²) in [5.74, 6) is 0.541. The Morgan fingerprint density at radius 3 is 2.46 bits per heavy atom. The van der Waals surface area contributed by atoms with Crippen molar-refractivity contribution in [3.05, 3.63) is 60.1 Å². The molecule has 0 aromatic carbocycles. The summed E-state index contributed by atoms with van der Waals surface area (Å²) < 4.78 is 11.1. The zero-order valence-electron chi connectivity index (χ0n) is 21.6. The number of aldehydes is 1. The molecule has 5 aliphatic rings. The van der Waals surface area contributed by atoms with Crippen molar-refractivity contribution in [2.24, 2.45) is 28.6 Å². The van der Waals surface area contributed by atoms with Crippen molar-refractivity contribution in [1.82, 2.24) is 0 Å². The van der Waals surface area contributed by atoms with Gasteiger partial charge in [0.05, 0.1) is 18.3 Å². The van der Waals surface area contributed by atoms with E-state index in [4.69, 9.17) is 9.84 Å². The number of carbonyl (C=O) groups excluding carboxylic acids is 1. The van der Waals surface area contributed by atoms with E-state index in [1.54, 1.807) is 12.1 Å². The van der Waals surface area contributed by atoms with Crippen molar-refractivity contribution in [3.8, 4) is 0 Å². The minimum atomic E-state index is -0.607. The number of hydrogen-bond donors (Lipinski definition) is 2. The van der Waals surface area contributed by atoms with E-state index in [9.17, 15) is 14.7 Å². The first-order valence-corrected chi connectivity index (χ1v) is 12.7. The largest absolute Gasteiger partial charge is 0.481 e. The van der Waals surface area contributed by atoms with Crippen LogP contribution in [-0.4, -0.2) is 41.3 Å². The first-order valence-electron chi connectivity index (χ1n) is 12.7. The zero-order chi connectivity index (χ0) is 26.0. The van der Waals surface area contributed by atoms with E-state index in [0.717, 1.165) is 44.8 Å². The molecule has 4 aliphatic carbocycles. The van der Waals surface area contributed by atoms with Gasteiger partial charge in [-0.25, -0.2) is 0 Å². The van der Waals surface area contributed by atoms with Crippen LogP contribution < -0.4 is 0 Å². The van der Waals surface area contributed by atoms with Gasteiger partial charge in [-0.2, -0.15) is 0 Å². The van der Waals surface area contributed by atoms with Gasteiger partial charge < -0.3 is 19.4 Å². The number of furan rings is 1. The van der Waals surface area contributed by atoms with Crippen molar-refractivity contribution >= 4 is 12.3 Å². The monoisotopic (exact) mass is 484 g/mol. The number of epoxide rings is 1. The summed E-state index contributed by atoms with van der Waals surface area (Å²) >= 11 is 0. The first kappa shape index (κ1) is 27.2. The smallest absolute Gasteiger partial charge is 0.307 e. The maximum absolute atomic E-state index is 11.8. The Bertz CT molecular complexity index is 991. The third-order valence-corrected chi connectivity index (χ3v) is 8.98. The Hall–Kier alpha value is -2.44. The lowest BCUT2D eigenvalue weighted by molar-refractivity contribution is -0.147. The lowest BCUT2D eigenvalue weighted by Gasteiger charge is -2.54. The molecule has 1 aromatic heterocycles. The second kappa shape index (κ2) is 10.3. The number of carboxylic acid groups (broad SMARTS) is 1. The molecule has 0 amide bonds. The number of allylic oxidation sites excluding steroid dienone is 3. The molecule has 1 aromatic rings. The molecule has 0 radical (unpaired) electrons. The summed E-state index contributed by atoms with van der Waals surface area (Å²) in [6.45, 7) is 12.7. The van der Waals surface area contributed by atoms with Gasteiger partial charge in [-0.1, -0.05) is 51.2 Å². The van der Waals surface area contributed by atoms with Crippen LogP contribution in [0, 0.1) is 28.6 Å². The lowest BCUT2D eigenvalue weighted by atomic mass is 9.47. The van der Waals surface area contributed by atoms with Crippen LogP contribution in [0.3, 0.4) is 0 Å². The van der Waals surface area contributed by atoms with Crippen molar-refractivity contribution in [3.63, 3.8) is 0 Å². The van der Waals surface area contributed by atoms with Crippen molar-refractivity contribution in [2.45, 2.75) is 71.5 Å². The Labute approximate surface area is 208 Å². The first-order chi connectivity index (χ1) is 16.8. The van der Waals surface area contributed by atoms with E-state index in [1.165, 1.54) is 11.8 Å². The SMILES string of the molecule is C=C1C=CC2(C)C(=C1)CCC1C3CCC(C(=O)O)C3(C)CC3OC312.CC.CO.O=Cc1ccco1. The molecule has 2 N–H and O–H groups in total. The summed E-state index contributed by atoms with van der Waals surface area (Å²) in [4.78, 5) is 21.6. The van der Waals surface area contributed by atoms with E-state index < -0.39 is 5.97 Å². The Balaban J connectivity index is 0.000000264. The molecule has 7 unspecified atom stereocenters. The van der Waals surface area contributed by atoms with Crippen molar-refractivity contribution in [1.29, 1.82) is 0 Å². The number of aliphatic carboxylic acids is 1. The van der Waals surface area contributed by atoms with Gasteiger partial charge in [0.25, 0.3) is 0 Å². The molecule has 1 spiro atoms. The lowest BCUT2D eigenvalue weighted by Crippen LogP contribution is -2.56. The van der Waals surface area contributed by atoms with Crippen LogP contribution in [0.5, 0.6) is 0 Å². The number of carbonyl (C=O) groups is 2. The second-order valence-corrected chi connectivity index (χ2v) is 10.2. The molecule has 1 aliphatic heterocycles. The Morgan fingerprint density at radius 1 is 1.17 bits per heavy atom. The highest BCUT2D eigenvalue weighted by atomic mass is 16.6. The van der Waals surface area contributed by atoms with Crippen molar-refractivity contribution in [2.75, 3.05) is 7.11 Å². The summed E-state index contributed by atoms with van der Waals surface area (Å²) in [5, 5.41) is 16.7. The van der Waals surface area contributed by atoms with E-state index in [0.29, 0.717) is 23.9 Å². The highest BCUT2D eigenvalue weighted by Gasteiger charge is 2.79. The predicted molar refractivity (Wildman–Crippen MR) is 135 cm³/mol. The number of fused-ring (bicyclic) bond motifs is 3. The summed E-state index contributed by atoms with van der Waals surface area (Å²) in [5.41, 5.74) is 2.32. The summed E-state index contributed by atoms with van der Waals surface area (Å²) in [7, 11) is 1.00. The predicted octanol–water partition coefficient (Wildman–Crippen LogP) is 5.84. The van der Waals surface area contributed by atoms with Crippen LogP contribution in [-0.2, 0) is 9.53 Å². The summed E-state index contributed by atoms with van der Waals surface area (Å²) in [6, 6.07) is 3.27. The van der Waals surface area contributed by atoms with Crippen LogP contribution >= 0.6 is 0 Å². The maximum atomic E-state index is 11.8. The fourth-order valence-electron chi connectivity index (χ4n) is 7.49. The fourth-order valence-corrected chi connectivity index (χ4v) is 7.49. The average Bonchev–Trinajstić information content (AvgIpc) is 3.20. The fraction of sp³-hybridized carbons (Fsp3) is 0.586. The van der Waals surface area contributed by atoms with E-state index in [1.807, 2.05) is 13.8 Å². The molecular weight excluding hydrogens is 444 g/mol. The van der Waals surface area contributed by atoms with E-state index in [-0.39, 0.29) is 28.5 Å². The van der Waals surface area contributed by atoms with Crippen LogP contribution in [0.4, 0.5) is 0 Å². The second-order valence-electron chi connectivity index (χ2n) is 10.2. The third kappa shape index (κ3) is 4.15. The molecule has 1 saturated heterocycles. The van der Waals surface area contributed by atoms with Gasteiger partial charge in [-0.15, -0.1) is 0 Å². The molecule has 4 fully saturated rings. The van der Waals surface area contributed by atoms with Gasteiger partial charge in [-0.3, -0.25) is 9.59 Å². The molecule has 6 heteroatoms. The number of ether oxygens (including phenoxy) is 1. The molecule has 0 bridgehead atoms. The highest BCUT2D eigenvalue weighted by molar-refractivity contribution is 5.72. The van der Waals surface area contributed by atoms with Gasteiger partial charge >= 0.3 is 5.97 Å². The van der Waals surface area contributed by atoms with Gasteiger partial charge in [-0.05, 0) is 74.0 Å². The molecule has 192 valence electrons. The van der Waals surface area contributed by atoms with Crippen LogP contribution in [0.15, 0.2) is 58.8 Å². The van der Waals surface area contributed by atoms with Crippen LogP contribution in [0.1, 0.15) is 70.4 Å². The number of aliphatic hydroxyl groups excluding tert-OH is 1. The zero-order valence-corrected chi connectivity index (χ0v) is 21.6. The van der Waals surface area contributed by atoms with E-state index >= 15 is 0 Å². The van der Waals surface area contributed by atoms with Gasteiger partial charge in [0, 0.05) is 12.5 Å². The number of hydrogen-bond acceptors (Lipinski definition) is 5. The Kier molecular flexibility index (Phi) is 7.97. The normalized spacial score (nSPS) is 39.3. The number of rotatable bonds is 2. The maximum Gasteiger partial charge on any atom is 0.307 e. The molecule has 6 rings (SSSR count). The van der Waals surface area contributed by atoms with Gasteiger partial charge in [0.1, 0.15) is 5.60 Å². The van der Waals surface area contributed by atoms with Gasteiger partial charge in [0.2, 0.25) is 0 Å². The molecule has 35 heavy (non-hydrogen) atoms. The van der Waals surface area contributed by atoms with Crippen LogP contribution in [0.2, 0.25) is 0 Å². The van der Waals surface area contributed by atoms with Crippen molar-refractivity contribution < 1.29 is 29.0 Å². The molecule has 6 nitrogen and oxygen atoms in total. The molecule has 3 saturated carbocycles. The topological polar surface area (TPSA) is 100 Å². The minimum absolute atomic E-state index is 0.0373. The quantitative estimate of drug-likeness (QED) is 0.404.